The van der Waals surface area contributed by atoms with E-state index in [0.717, 1.165) is 28.3 Å². The van der Waals surface area contributed by atoms with E-state index < -0.39 is 14.9 Å². The van der Waals surface area contributed by atoms with E-state index >= 15 is 0 Å². The molecule has 166 valence electrons. The predicted molar refractivity (Wildman–Crippen MR) is 127 cm³/mol. The molecule has 0 heterocycles. The highest BCUT2D eigenvalue weighted by atomic mass is 35.5. The number of benzene rings is 3. The van der Waals surface area contributed by atoms with Gasteiger partial charge in [0.1, 0.15) is 4.90 Å². The van der Waals surface area contributed by atoms with Crippen molar-refractivity contribution in [3.05, 3.63) is 92.0 Å². The summed E-state index contributed by atoms with van der Waals surface area (Å²) in [4.78, 5) is 10.2. The van der Waals surface area contributed by atoms with Crippen LogP contribution in [-0.4, -0.2) is 19.6 Å². The summed E-state index contributed by atoms with van der Waals surface area (Å²) in [5, 5.41) is 15.6. The summed E-state index contributed by atoms with van der Waals surface area (Å²) >= 11 is 6.06. The van der Waals surface area contributed by atoms with Crippen molar-refractivity contribution in [3.63, 3.8) is 0 Å². The number of anilines is 2. The zero-order valence-electron chi connectivity index (χ0n) is 17.6. The molecule has 0 fully saturated rings. The van der Waals surface area contributed by atoms with Gasteiger partial charge in [0.15, 0.2) is 0 Å². The molecule has 0 saturated carbocycles. The molecular weight excluding hydrogens is 452 g/mol. The van der Waals surface area contributed by atoms with Gasteiger partial charge < -0.3 is 0 Å². The summed E-state index contributed by atoms with van der Waals surface area (Å²) in [5.41, 5.74) is 6.61. The molecule has 0 bridgehead atoms. The highest BCUT2D eigenvalue weighted by molar-refractivity contribution is 7.93. The Morgan fingerprint density at radius 3 is 2.28 bits per heavy atom. The number of rotatable bonds is 7. The van der Waals surface area contributed by atoms with Crippen LogP contribution in [0.25, 0.3) is 0 Å². The lowest BCUT2D eigenvalue weighted by Crippen LogP contribution is -2.15. The van der Waals surface area contributed by atoms with Crippen LogP contribution in [0.5, 0.6) is 0 Å². The smallest absolute Gasteiger partial charge is 0.270 e. The third kappa shape index (κ3) is 5.24. The van der Waals surface area contributed by atoms with Gasteiger partial charge in [0.2, 0.25) is 0 Å². The largest absolute Gasteiger partial charge is 0.278 e. The fourth-order valence-electron chi connectivity index (χ4n) is 3.24. The summed E-state index contributed by atoms with van der Waals surface area (Å²) in [6.45, 7) is 5.91. The molecule has 0 aliphatic rings. The number of halogens is 1. The number of sulfonamides is 1. The zero-order chi connectivity index (χ0) is 23.5. The third-order valence-electron chi connectivity index (χ3n) is 4.70. The van der Waals surface area contributed by atoms with Gasteiger partial charge in [-0.1, -0.05) is 41.4 Å². The molecule has 0 radical (unpaired) electrons. The minimum absolute atomic E-state index is 0.0776. The number of nitro benzene ring substituents is 1. The second-order valence-electron chi connectivity index (χ2n) is 7.21. The quantitative estimate of drug-likeness (QED) is 0.270. The fraction of sp³-hybridized carbons (Fsp3) is 0.136. The zero-order valence-corrected chi connectivity index (χ0v) is 19.2. The van der Waals surface area contributed by atoms with Gasteiger partial charge in [-0.15, -0.1) is 0 Å². The van der Waals surface area contributed by atoms with Gasteiger partial charge in [-0.3, -0.25) is 20.3 Å². The molecule has 0 spiro atoms. The monoisotopic (exact) mass is 472 g/mol. The van der Waals surface area contributed by atoms with Crippen LogP contribution in [0, 0.1) is 30.9 Å². The molecule has 0 unspecified atom stereocenters. The first-order valence-corrected chi connectivity index (χ1v) is 11.4. The molecule has 0 aliphatic carbocycles. The van der Waals surface area contributed by atoms with E-state index in [0.29, 0.717) is 0 Å². The molecule has 3 aromatic carbocycles. The Kier molecular flexibility index (Phi) is 6.81. The first-order valence-electron chi connectivity index (χ1n) is 9.51. The van der Waals surface area contributed by atoms with Crippen molar-refractivity contribution in [2.24, 2.45) is 5.10 Å². The Bertz CT molecular complexity index is 1300. The number of nitrogens with zero attached hydrogens (tertiary/aromatic N) is 2. The van der Waals surface area contributed by atoms with Gasteiger partial charge in [-0.25, -0.2) is 8.42 Å². The van der Waals surface area contributed by atoms with E-state index in [1.807, 2.05) is 32.9 Å². The molecule has 8 nitrogen and oxygen atoms in total. The maximum Gasteiger partial charge on any atom is 0.270 e. The molecule has 2 N–H and O–H groups in total. The van der Waals surface area contributed by atoms with Crippen molar-refractivity contribution in [3.8, 4) is 0 Å². The van der Waals surface area contributed by atoms with Crippen LogP contribution < -0.4 is 10.1 Å². The number of non-ortho nitro benzene ring substituents is 1. The molecule has 3 rings (SSSR count). The Morgan fingerprint density at radius 1 is 1.00 bits per heavy atom. The average Bonchev–Trinajstić information content (AvgIpc) is 2.71. The molecule has 3 aromatic rings. The molecule has 0 aromatic heterocycles. The summed E-state index contributed by atoms with van der Waals surface area (Å²) in [6.07, 6.45) is 1.59. The second kappa shape index (κ2) is 9.37. The molecule has 0 amide bonds. The van der Waals surface area contributed by atoms with Crippen LogP contribution in [0.15, 0.2) is 64.6 Å². The first-order chi connectivity index (χ1) is 15.1. The minimum atomic E-state index is -4.21. The Morgan fingerprint density at radius 2 is 1.66 bits per heavy atom. The van der Waals surface area contributed by atoms with Gasteiger partial charge >= 0.3 is 0 Å². The summed E-state index contributed by atoms with van der Waals surface area (Å²) in [7, 11) is -4.21. The van der Waals surface area contributed by atoms with Crippen molar-refractivity contribution in [1.29, 1.82) is 0 Å². The van der Waals surface area contributed by atoms with E-state index in [1.165, 1.54) is 24.3 Å². The number of nitro groups is 1. The van der Waals surface area contributed by atoms with Crippen molar-refractivity contribution < 1.29 is 13.3 Å². The van der Waals surface area contributed by atoms with Crippen LogP contribution in [0.1, 0.15) is 22.3 Å². The lowest BCUT2D eigenvalue weighted by Gasteiger charge is -2.13. The van der Waals surface area contributed by atoms with Crippen LogP contribution in [0.3, 0.4) is 0 Å². The number of hydrazone groups is 1. The standard InChI is InChI=1S/C22H21ClN4O4S/c1-14-10-15(2)18(16(3)11-14)13-24-25-21-9-8-17(27(28)29)12-22(21)32(30,31)26-20-7-5-4-6-19(20)23/h4-13,25-26H,1-3H3. The van der Waals surface area contributed by atoms with Crippen molar-refractivity contribution in [2.75, 3.05) is 10.1 Å². The molecular formula is C22H21ClN4O4S. The van der Waals surface area contributed by atoms with E-state index in [9.17, 15) is 18.5 Å². The van der Waals surface area contributed by atoms with Crippen LogP contribution in [-0.2, 0) is 10.0 Å². The number of aryl methyl sites for hydroxylation is 3. The van der Waals surface area contributed by atoms with Crippen molar-refractivity contribution >= 4 is 44.9 Å². The maximum atomic E-state index is 13.0. The van der Waals surface area contributed by atoms with Gasteiger partial charge in [-0.2, -0.15) is 5.10 Å². The van der Waals surface area contributed by atoms with Crippen molar-refractivity contribution in [1.82, 2.24) is 0 Å². The van der Waals surface area contributed by atoms with Crippen LogP contribution >= 0.6 is 11.6 Å². The van der Waals surface area contributed by atoms with Crippen LogP contribution in [0.4, 0.5) is 17.1 Å². The van der Waals surface area contributed by atoms with Crippen molar-refractivity contribution in [2.45, 2.75) is 25.7 Å². The lowest BCUT2D eigenvalue weighted by atomic mass is 10.0. The number of hydrogen-bond acceptors (Lipinski definition) is 6. The Balaban J connectivity index is 1.98. The van der Waals surface area contributed by atoms with E-state index in [1.54, 1.807) is 18.3 Å². The van der Waals surface area contributed by atoms with Gasteiger partial charge in [0.05, 0.1) is 27.5 Å². The Hall–Kier alpha value is -3.43. The minimum Gasteiger partial charge on any atom is -0.278 e. The molecule has 0 atom stereocenters. The maximum absolute atomic E-state index is 13.0. The summed E-state index contributed by atoms with van der Waals surface area (Å²) in [5.74, 6) is 0. The SMILES string of the molecule is Cc1cc(C)c(C=NNc2ccc([N+](=O)[O-])cc2S(=O)(=O)Nc2ccccc2Cl)c(C)c1. The highest BCUT2D eigenvalue weighted by Gasteiger charge is 2.23. The normalized spacial score (nSPS) is 11.5. The first kappa shape index (κ1) is 23.2. The second-order valence-corrected chi connectivity index (χ2v) is 9.26. The highest BCUT2D eigenvalue weighted by Crippen LogP contribution is 2.30. The number of nitrogens with one attached hydrogen (secondary N) is 2. The van der Waals surface area contributed by atoms with E-state index in [4.69, 9.17) is 11.6 Å². The average molecular weight is 473 g/mol. The fourth-order valence-corrected chi connectivity index (χ4v) is 4.74. The molecule has 32 heavy (non-hydrogen) atoms. The topological polar surface area (TPSA) is 114 Å². The summed E-state index contributed by atoms with van der Waals surface area (Å²) < 4.78 is 28.5. The molecule has 10 heteroatoms. The van der Waals surface area contributed by atoms with Crippen LogP contribution in [0.2, 0.25) is 5.02 Å². The van der Waals surface area contributed by atoms with E-state index in [2.05, 4.69) is 15.2 Å². The molecule has 0 saturated heterocycles. The number of para-hydroxylation sites is 1. The predicted octanol–water partition coefficient (Wildman–Crippen LogP) is 5.42. The lowest BCUT2D eigenvalue weighted by molar-refractivity contribution is -0.385. The van der Waals surface area contributed by atoms with Gasteiger partial charge in [0, 0.05) is 17.7 Å². The molecule has 0 aliphatic heterocycles. The van der Waals surface area contributed by atoms with Gasteiger partial charge in [0.25, 0.3) is 15.7 Å². The third-order valence-corrected chi connectivity index (χ3v) is 6.44. The van der Waals surface area contributed by atoms with Gasteiger partial charge in [-0.05, 0) is 50.1 Å². The van der Waals surface area contributed by atoms with E-state index in [-0.39, 0.29) is 27.0 Å². The number of hydrogen-bond donors (Lipinski definition) is 2. The summed E-state index contributed by atoms with van der Waals surface area (Å²) in [6, 6.07) is 13.8. The Labute approximate surface area is 191 Å².